The number of carbonyl (C=O) groups excluding carboxylic acids is 2. The number of hydrogen-bond donors (Lipinski definition) is 4. The SMILES string of the molecule is O=C1Nc2cc(/C=C/CNC(=O)c3ccnc(Nc4ccc(F)c(F)c4)n3)ccc2/C1=C/c1cnc[nH]1. The summed E-state index contributed by atoms with van der Waals surface area (Å²) in [5, 5.41) is 8.31. The maximum atomic E-state index is 13.4. The molecule has 2 aromatic carbocycles. The minimum absolute atomic E-state index is 0.0651. The summed E-state index contributed by atoms with van der Waals surface area (Å²) in [6.07, 6.45) is 9.89. The van der Waals surface area contributed by atoms with Gasteiger partial charge in [0.25, 0.3) is 11.8 Å². The third-order valence-electron chi connectivity index (χ3n) is 5.40. The molecule has 184 valence electrons. The second-order valence-electron chi connectivity index (χ2n) is 7.96. The Morgan fingerprint density at radius 3 is 2.78 bits per heavy atom. The van der Waals surface area contributed by atoms with E-state index in [9.17, 15) is 18.4 Å². The van der Waals surface area contributed by atoms with Gasteiger partial charge in [0.2, 0.25) is 5.95 Å². The lowest BCUT2D eigenvalue weighted by Crippen LogP contribution is -2.24. The van der Waals surface area contributed by atoms with Crippen molar-refractivity contribution in [2.45, 2.75) is 0 Å². The standard InChI is InChI=1S/C26H19F2N7O2/c27-20-6-4-16(12-21(20)28)33-26-31-9-7-22(35-26)25(37)30-8-1-2-15-3-5-18-19(11-17-13-29-14-32-17)24(36)34-23(18)10-15/h1-7,9-14H,8H2,(H,29,32)(H,30,37)(H,34,36)(H,31,33,35)/b2-1+,19-11-. The van der Waals surface area contributed by atoms with Crippen LogP contribution < -0.4 is 16.0 Å². The number of imidazole rings is 1. The van der Waals surface area contributed by atoms with Crippen LogP contribution in [0.3, 0.4) is 0 Å². The summed E-state index contributed by atoms with van der Waals surface area (Å²) in [6, 6.07) is 10.3. The van der Waals surface area contributed by atoms with E-state index in [1.807, 2.05) is 24.3 Å². The molecule has 2 amide bonds. The van der Waals surface area contributed by atoms with Crippen LogP contribution in [0.2, 0.25) is 0 Å². The summed E-state index contributed by atoms with van der Waals surface area (Å²) in [4.78, 5) is 39.9. The molecule has 0 fully saturated rings. The van der Waals surface area contributed by atoms with Crippen molar-refractivity contribution in [3.63, 3.8) is 0 Å². The number of nitrogens with one attached hydrogen (secondary N) is 4. The molecule has 1 aliphatic heterocycles. The number of H-pyrrole nitrogens is 1. The molecule has 0 aliphatic carbocycles. The number of nitrogens with zero attached hydrogens (tertiary/aromatic N) is 3. The molecule has 5 rings (SSSR count). The summed E-state index contributed by atoms with van der Waals surface area (Å²) in [7, 11) is 0. The van der Waals surface area contributed by atoms with Crippen LogP contribution in [0.1, 0.15) is 27.3 Å². The molecule has 1 aliphatic rings. The van der Waals surface area contributed by atoms with Crippen molar-refractivity contribution in [1.29, 1.82) is 0 Å². The van der Waals surface area contributed by atoms with Crippen molar-refractivity contribution in [2.24, 2.45) is 0 Å². The zero-order valence-corrected chi connectivity index (χ0v) is 19.1. The number of aromatic nitrogens is 4. The first kappa shape index (κ1) is 23.5. The fourth-order valence-corrected chi connectivity index (χ4v) is 3.65. The van der Waals surface area contributed by atoms with Crippen molar-refractivity contribution in [1.82, 2.24) is 25.3 Å². The van der Waals surface area contributed by atoms with E-state index in [-0.39, 0.29) is 29.8 Å². The molecule has 4 N–H and O–H groups in total. The monoisotopic (exact) mass is 499 g/mol. The van der Waals surface area contributed by atoms with E-state index in [2.05, 4.69) is 35.9 Å². The van der Waals surface area contributed by atoms with E-state index in [1.165, 1.54) is 18.3 Å². The van der Waals surface area contributed by atoms with Gasteiger partial charge in [0.05, 0.1) is 23.8 Å². The average Bonchev–Trinajstić information content (AvgIpc) is 3.52. The number of hydrogen-bond acceptors (Lipinski definition) is 6. The third kappa shape index (κ3) is 5.40. The van der Waals surface area contributed by atoms with Crippen molar-refractivity contribution in [3.8, 4) is 0 Å². The number of fused-ring (bicyclic) bond motifs is 1. The lowest BCUT2D eigenvalue weighted by atomic mass is 10.0. The van der Waals surface area contributed by atoms with Gasteiger partial charge in [-0.25, -0.2) is 23.7 Å². The van der Waals surface area contributed by atoms with Crippen LogP contribution in [0.15, 0.2) is 67.3 Å². The summed E-state index contributed by atoms with van der Waals surface area (Å²) in [5.74, 6) is -2.54. The largest absolute Gasteiger partial charge is 0.347 e. The Hall–Kier alpha value is -5.19. The lowest BCUT2D eigenvalue weighted by molar-refractivity contribution is -0.110. The number of halogens is 2. The van der Waals surface area contributed by atoms with E-state index in [0.29, 0.717) is 11.3 Å². The quantitative estimate of drug-likeness (QED) is 0.283. The Morgan fingerprint density at radius 2 is 1.97 bits per heavy atom. The fraction of sp³-hybridized carbons (Fsp3) is 0.0385. The molecule has 0 unspecified atom stereocenters. The topological polar surface area (TPSA) is 125 Å². The Labute approximate surface area is 209 Å². The Kier molecular flexibility index (Phi) is 6.49. The van der Waals surface area contributed by atoms with Crippen LogP contribution in [-0.4, -0.2) is 38.3 Å². The number of aromatic amines is 1. The molecular formula is C26H19F2N7O2. The molecule has 0 saturated heterocycles. The molecule has 0 bridgehead atoms. The van der Waals surface area contributed by atoms with Crippen LogP contribution in [0.5, 0.6) is 0 Å². The summed E-state index contributed by atoms with van der Waals surface area (Å²) in [6.45, 7) is 0.225. The molecule has 3 heterocycles. The van der Waals surface area contributed by atoms with Crippen molar-refractivity contribution in [3.05, 3.63) is 101 Å². The average molecular weight is 499 g/mol. The Morgan fingerprint density at radius 1 is 1.08 bits per heavy atom. The molecule has 37 heavy (non-hydrogen) atoms. The van der Waals surface area contributed by atoms with Gasteiger partial charge in [0, 0.05) is 35.7 Å². The molecule has 0 spiro atoms. The van der Waals surface area contributed by atoms with Crippen LogP contribution in [-0.2, 0) is 4.79 Å². The van der Waals surface area contributed by atoms with Gasteiger partial charge >= 0.3 is 0 Å². The van der Waals surface area contributed by atoms with Crippen LogP contribution in [0.25, 0.3) is 17.7 Å². The molecule has 11 heteroatoms. The van der Waals surface area contributed by atoms with E-state index in [0.717, 1.165) is 29.0 Å². The number of anilines is 3. The zero-order valence-electron chi connectivity index (χ0n) is 19.1. The van der Waals surface area contributed by atoms with Crippen LogP contribution in [0.4, 0.5) is 26.1 Å². The number of amides is 2. The highest BCUT2D eigenvalue weighted by atomic mass is 19.2. The first-order chi connectivity index (χ1) is 18.0. The predicted octanol–water partition coefficient (Wildman–Crippen LogP) is 4.16. The molecule has 0 radical (unpaired) electrons. The zero-order chi connectivity index (χ0) is 25.8. The number of benzene rings is 2. The highest BCUT2D eigenvalue weighted by Gasteiger charge is 2.24. The maximum Gasteiger partial charge on any atom is 0.270 e. The van der Waals surface area contributed by atoms with Gasteiger partial charge in [-0.1, -0.05) is 24.3 Å². The van der Waals surface area contributed by atoms with E-state index >= 15 is 0 Å². The Balaban J connectivity index is 1.19. The molecule has 4 aromatic rings. The second-order valence-corrected chi connectivity index (χ2v) is 7.96. The number of rotatable bonds is 7. The molecular weight excluding hydrogens is 480 g/mol. The van der Waals surface area contributed by atoms with Gasteiger partial charge < -0.3 is 20.9 Å². The van der Waals surface area contributed by atoms with E-state index in [4.69, 9.17) is 0 Å². The minimum atomic E-state index is -1.01. The molecule has 2 aromatic heterocycles. The summed E-state index contributed by atoms with van der Waals surface area (Å²) >= 11 is 0. The molecule has 0 atom stereocenters. The second kappa shape index (κ2) is 10.2. The van der Waals surface area contributed by atoms with Gasteiger partial charge in [-0.2, -0.15) is 0 Å². The highest BCUT2D eigenvalue weighted by Crippen LogP contribution is 2.33. The summed E-state index contributed by atoms with van der Waals surface area (Å²) < 4.78 is 26.5. The van der Waals surface area contributed by atoms with Crippen molar-refractivity contribution in [2.75, 3.05) is 17.2 Å². The third-order valence-corrected chi connectivity index (χ3v) is 5.40. The van der Waals surface area contributed by atoms with Crippen molar-refractivity contribution < 1.29 is 18.4 Å². The van der Waals surface area contributed by atoms with E-state index in [1.54, 1.807) is 24.7 Å². The first-order valence-corrected chi connectivity index (χ1v) is 11.1. The fourth-order valence-electron chi connectivity index (χ4n) is 3.65. The molecule has 9 nitrogen and oxygen atoms in total. The van der Waals surface area contributed by atoms with Gasteiger partial charge in [-0.05, 0) is 35.9 Å². The maximum absolute atomic E-state index is 13.4. The van der Waals surface area contributed by atoms with E-state index < -0.39 is 17.5 Å². The predicted molar refractivity (Wildman–Crippen MR) is 135 cm³/mol. The number of carbonyl (C=O) groups is 2. The lowest BCUT2D eigenvalue weighted by Gasteiger charge is -2.07. The smallest absolute Gasteiger partial charge is 0.270 e. The van der Waals surface area contributed by atoms with Crippen LogP contribution in [0, 0.1) is 11.6 Å². The first-order valence-electron chi connectivity index (χ1n) is 11.1. The normalized spacial score (nSPS) is 13.6. The van der Waals surface area contributed by atoms with Crippen molar-refractivity contribution >= 4 is 46.9 Å². The Bertz CT molecular complexity index is 1550. The summed E-state index contributed by atoms with van der Waals surface area (Å²) in [5.41, 5.74) is 3.96. The van der Waals surface area contributed by atoms with Crippen LogP contribution >= 0.6 is 0 Å². The van der Waals surface area contributed by atoms with Gasteiger partial charge in [-0.3, -0.25) is 9.59 Å². The minimum Gasteiger partial charge on any atom is -0.347 e. The van der Waals surface area contributed by atoms with Gasteiger partial charge in [-0.15, -0.1) is 0 Å². The highest BCUT2D eigenvalue weighted by molar-refractivity contribution is 6.34. The molecule has 0 saturated carbocycles. The van der Waals surface area contributed by atoms with Gasteiger partial charge in [0.1, 0.15) is 5.69 Å². The van der Waals surface area contributed by atoms with Gasteiger partial charge in [0.15, 0.2) is 11.6 Å².